The van der Waals surface area contributed by atoms with E-state index in [1.165, 1.54) is 0 Å². The zero-order chi connectivity index (χ0) is 14.0. The summed E-state index contributed by atoms with van der Waals surface area (Å²) in [6.07, 6.45) is 1.63. The fraction of sp³-hybridized carbons (Fsp3) is 0.333. The zero-order valence-corrected chi connectivity index (χ0v) is 10.6. The second-order valence-electron chi connectivity index (χ2n) is 4.32. The monoisotopic (exact) mass is 279 g/mol. The summed E-state index contributed by atoms with van der Waals surface area (Å²) >= 11 is 0. The van der Waals surface area contributed by atoms with E-state index in [1.54, 1.807) is 6.07 Å². The van der Waals surface area contributed by atoms with Gasteiger partial charge in [-0.25, -0.2) is 12.8 Å². The molecular formula is C12H10FN3O2S. The lowest BCUT2D eigenvalue weighted by atomic mass is 10.2. The van der Waals surface area contributed by atoms with E-state index in [-0.39, 0.29) is 16.4 Å². The Morgan fingerprint density at radius 3 is 2.58 bits per heavy atom. The van der Waals surface area contributed by atoms with Crippen LogP contribution in [-0.2, 0) is 10.0 Å². The Morgan fingerprint density at radius 1 is 1.37 bits per heavy atom. The lowest BCUT2D eigenvalue weighted by Gasteiger charge is -2.11. The molecule has 1 atom stereocenters. The highest BCUT2D eigenvalue weighted by Crippen LogP contribution is 2.33. The van der Waals surface area contributed by atoms with Gasteiger partial charge in [0.1, 0.15) is 17.9 Å². The van der Waals surface area contributed by atoms with Crippen LogP contribution in [0.5, 0.6) is 0 Å². The minimum Gasteiger partial charge on any atom is -0.207 e. The van der Waals surface area contributed by atoms with Crippen LogP contribution >= 0.6 is 0 Å². The summed E-state index contributed by atoms with van der Waals surface area (Å²) in [6, 6.07) is 5.65. The Labute approximate surface area is 110 Å². The van der Waals surface area contributed by atoms with Crippen LogP contribution in [0.3, 0.4) is 0 Å². The molecule has 0 radical (unpaired) electrons. The van der Waals surface area contributed by atoms with Gasteiger partial charge in [-0.3, -0.25) is 0 Å². The average Bonchev–Trinajstić information content (AvgIpc) is 3.20. The first-order valence-corrected chi connectivity index (χ1v) is 7.08. The fourth-order valence-corrected chi connectivity index (χ4v) is 2.89. The smallest absolute Gasteiger partial charge is 0.207 e. The van der Waals surface area contributed by atoms with Crippen LogP contribution in [0, 0.1) is 34.4 Å². The lowest BCUT2D eigenvalue weighted by molar-refractivity contribution is 0.559. The Hall–Kier alpha value is -1.96. The average molecular weight is 279 g/mol. The third-order valence-electron chi connectivity index (χ3n) is 2.88. The van der Waals surface area contributed by atoms with Crippen molar-refractivity contribution in [2.24, 2.45) is 5.92 Å². The Morgan fingerprint density at radius 2 is 2.05 bits per heavy atom. The molecule has 1 aliphatic carbocycles. The van der Waals surface area contributed by atoms with Gasteiger partial charge in [0.25, 0.3) is 0 Å². The molecule has 0 aromatic heterocycles. The van der Waals surface area contributed by atoms with Gasteiger partial charge in [0.05, 0.1) is 16.5 Å². The number of rotatable bonds is 4. The molecule has 0 heterocycles. The summed E-state index contributed by atoms with van der Waals surface area (Å²) in [7, 11) is -3.92. The third-order valence-corrected chi connectivity index (χ3v) is 4.32. The molecule has 0 spiro atoms. The zero-order valence-electron chi connectivity index (χ0n) is 9.80. The van der Waals surface area contributed by atoms with E-state index < -0.39 is 21.9 Å². The minimum absolute atomic E-state index is 0.0376. The molecule has 2 rings (SSSR count). The van der Waals surface area contributed by atoms with E-state index in [0.717, 1.165) is 31.0 Å². The molecule has 0 aliphatic heterocycles. The first-order chi connectivity index (χ1) is 8.97. The summed E-state index contributed by atoms with van der Waals surface area (Å²) in [5.41, 5.74) is -0.345. The van der Waals surface area contributed by atoms with Crippen molar-refractivity contribution in [1.82, 2.24) is 4.72 Å². The van der Waals surface area contributed by atoms with Crippen molar-refractivity contribution >= 4 is 10.0 Å². The van der Waals surface area contributed by atoms with Gasteiger partial charge in [-0.15, -0.1) is 0 Å². The summed E-state index contributed by atoms with van der Waals surface area (Å²) in [6.45, 7) is 0. The molecule has 19 heavy (non-hydrogen) atoms. The number of nitrogens with zero attached hydrogens (tertiary/aromatic N) is 2. The van der Waals surface area contributed by atoms with E-state index in [9.17, 15) is 12.8 Å². The van der Waals surface area contributed by atoms with Crippen LogP contribution in [-0.4, -0.2) is 14.5 Å². The molecule has 1 N–H and O–H groups in total. The van der Waals surface area contributed by atoms with Crippen LogP contribution < -0.4 is 4.72 Å². The van der Waals surface area contributed by atoms with Gasteiger partial charge in [0.2, 0.25) is 10.0 Å². The molecule has 1 aromatic rings. The van der Waals surface area contributed by atoms with Crippen molar-refractivity contribution in [3.05, 3.63) is 29.6 Å². The van der Waals surface area contributed by atoms with Crippen molar-refractivity contribution in [1.29, 1.82) is 10.5 Å². The highest BCUT2D eigenvalue weighted by atomic mass is 32.2. The molecular weight excluding hydrogens is 269 g/mol. The van der Waals surface area contributed by atoms with Gasteiger partial charge >= 0.3 is 0 Å². The molecule has 7 heteroatoms. The van der Waals surface area contributed by atoms with E-state index in [1.807, 2.05) is 6.07 Å². The summed E-state index contributed by atoms with van der Waals surface area (Å²) < 4.78 is 39.4. The number of benzene rings is 1. The molecule has 1 unspecified atom stereocenters. The maximum atomic E-state index is 13.1. The molecule has 1 aliphatic rings. The Kier molecular flexibility index (Phi) is 3.52. The maximum Gasteiger partial charge on any atom is 0.241 e. The topological polar surface area (TPSA) is 93.8 Å². The number of halogens is 1. The standard InChI is InChI=1S/C12H10FN3O2S/c13-11-4-3-10(5-9(11)6-14)19(17,18)16-12(7-15)8-1-2-8/h3-5,8,12,16H,1-2H2. The SMILES string of the molecule is N#Cc1cc(S(=O)(=O)NC(C#N)C2CC2)ccc1F. The van der Waals surface area contributed by atoms with Crippen molar-refractivity contribution in [2.75, 3.05) is 0 Å². The maximum absolute atomic E-state index is 13.1. The summed E-state index contributed by atoms with van der Waals surface area (Å²) in [4.78, 5) is -0.216. The highest BCUT2D eigenvalue weighted by molar-refractivity contribution is 7.89. The second-order valence-corrected chi connectivity index (χ2v) is 6.03. The molecule has 1 saturated carbocycles. The Balaban J connectivity index is 2.29. The van der Waals surface area contributed by atoms with Crippen LogP contribution in [0.4, 0.5) is 4.39 Å². The Bertz CT molecular complexity index is 684. The van der Waals surface area contributed by atoms with Gasteiger partial charge in [0, 0.05) is 0 Å². The predicted octanol–water partition coefficient (Wildman–Crippen LogP) is 1.28. The fourth-order valence-electron chi connectivity index (χ4n) is 1.65. The molecule has 0 amide bonds. The molecule has 1 aromatic carbocycles. The van der Waals surface area contributed by atoms with Gasteiger partial charge in [-0.05, 0) is 37.0 Å². The van der Waals surface area contributed by atoms with E-state index >= 15 is 0 Å². The number of hydrogen-bond acceptors (Lipinski definition) is 4. The van der Waals surface area contributed by atoms with Crippen LogP contribution in [0.25, 0.3) is 0 Å². The van der Waals surface area contributed by atoms with Gasteiger partial charge in [-0.2, -0.15) is 15.2 Å². The normalized spacial score (nSPS) is 16.4. The minimum atomic E-state index is -3.92. The van der Waals surface area contributed by atoms with Crippen molar-refractivity contribution in [2.45, 2.75) is 23.8 Å². The molecule has 98 valence electrons. The molecule has 5 nitrogen and oxygen atoms in total. The largest absolute Gasteiger partial charge is 0.241 e. The van der Waals surface area contributed by atoms with Crippen LogP contribution in [0.15, 0.2) is 23.1 Å². The van der Waals surface area contributed by atoms with Crippen molar-refractivity contribution in [3.63, 3.8) is 0 Å². The first kappa shape index (κ1) is 13.5. The lowest BCUT2D eigenvalue weighted by Crippen LogP contribution is -2.35. The van der Waals surface area contributed by atoms with E-state index in [4.69, 9.17) is 10.5 Å². The quantitative estimate of drug-likeness (QED) is 0.898. The van der Waals surface area contributed by atoms with Crippen LogP contribution in [0.2, 0.25) is 0 Å². The van der Waals surface area contributed by atoms with E-state index in [0.29, 0.717) is 0 Å². The predicted molar refractivity (Wildman–Crippen MR) is 63.6 cm³/mol. The van der Waals surface area contributed by atoms with Gasteiger partial charge in [0.15, 0.2) is 0 Å². The summed E-state index contributed by atoms with van der Waals surface area (Å²) in [5, 5.41) is 17.6. The van der Waals surface area contributed by atoms with Crippen molar-refractivity contribution < 1.29 is 12.8 Å². The second kappa shape index (κ2) is 4.96. The van der Waals surface area contributed by atoms with Gasteiger partial charge < -0.3 is 0 Å². The molecule has 0 saturated heterocycles. The summed E-state index contributed by atoms with van der Waals surface area (Å²) in [5.74, 6) is -0.740. The third kappa shape index (κ3) is 2.90. The van der Waals surface area contributed by atoms with E-state index in [2.05, 4.69) is 4.72 Å². The van der Waals surface area contributed by atoms with Crippen LogP contribution in [0.1, 0.15) is 18.4 Å². The first-order valence-electron chi connectivity index (χ1n) is 5.59. The number of nitriles is 2. The number of hydrogen-bond donors (Lipinski definition) is 1. The molecule has 1 fully saturated rings. The number of sulfonamides is 1. The number of nitrogens with one attached hydrogen (secondary N) is 1. The highest BCUT2D eigenvalue weighted by Gasteiger charge is 2.34. The van der Waals surface area contributed by atoms with Gasteiger partial charge in [-0.1, -0.05) is 0 Å². The van der Waals surface area contributed by atoms with Crippen molar-refractivity contribution in [3.8, 4) is 12.1 Å². The molecule has 0 bridgehead atoms.